The summed E-state index contributed by atoms with van der Waals surface area (Å²) in [6.45, 7) is 0.678. The number of hydrogen-bond donors (Lipinski definition) is 2. The Bertz CT molecular complexity index is 745. The van der Waals surface area contributed by atoms with Crippen molar-refractivity contribution in [3.8, 4) is 11.5 Å². The Balaban J connectivity index is 0.00000392. The van der Waals surface area contributed by atoms with Gasteiger partial charge in [0.1, 0.15) is 11.5 Å². The zero-order valence-electron chi connectivity index (χ0n) is 16.0. The molecule has 0 aliphatic carbocycles. The van der Waals surface area contributed by atoms with Gasteiger partial charge in [-0.15, -0.1) is 24.0 Å². The smallest absolute Gasteiger partial charge is 0.387 e. The standard InChI is InChI=1S/C20H25F2N3O2.HI/c1-3-23-20(24-13-12-15-8-4-6-10-17(15)26-2)25-14-16-9-5-7-11-18(16)27-19(21)22;/h4-11,19H,3,12-14H2,1-2H3,(H2,23,24,25);1H. The first-order chi connectivity index (χ1) is 13.1. The van der Waals surface area contributed by atoms with Crippen LogP contribution in [0.5, 0.6) is 11.5 Å². The molecule has 5 nitrogen and oxygen atoms in total. The second-order valence-electron chi connectivity index (χ2n) is 5.67. The van der Waals surface area contributed by atoms with Crippen molar-refractivity contribution in [2.75, 3.05) is 20.2 Å². The number of nitrogens with one attached hydrogen (secondary N) is 2. The third-order valence-corrected chi connectivity index (χ3v) is 3.82. The van der Waals surface area contributed by atoms with Crippen molar-refractivity contribution >= 4 is 29.9 Å². The van der Waals surface area contributed by atoms with E-state index in [1.165, 1.54) is 6.07 Å². The maximum atomic E-state index is 12.5. The summed E-state index contributed by atoms with van der Waals surface area (Å²) in [5, 5.41) is 6.39. The average molecular weight is 505 g/mol. The zero-order chi connectivity index (χ0) is 19.5. The third-order valence-electron chi connectivity index (χ3n) is 3.82. The lowest BCUT2D eigenvalue weighted by Gasteiger charge is -2.13. The fraction of sp³-hybridized carbons (Fsp3) is 0.350. The van der Waals surface area contributed by atoms with Crippen LogP contribution in [-0.4, -0.2) is 32.8 Å². The molecule has 2 aromatic rings. The number of aliphatic imine (C=N–C) groups is 1. The monoisotopic (exact) mass is 505 g/mol. The molecule has 0 atom stereocenters. The van der Waals surface area contributed by atoms with E-state index < -0.39 is 6.61 Å². The molecule has 0 amide bonds. The van der Waals surface area contributed by atoms with E-state index >= 15 is 0 Å². The largest absolute Gasteiger partial charge is 0.496 e. The van der Waals surface area contributed by atoms with Crippen molar-refractivity contribution in [3.05, 3.63) is 59.7 Å². The Labute approximate surface area is 181 Å². The lowest BCUT2D eigenvalue weighted by Crippen LogP contribution is -2.38. The molecule has 0 heterocycles. The minimum Gasteiger partial charge on any atom is -0.496 e. The number of ether oxygens (including phenoxy) is 2. The summed E-state index contributed by atoms with van der Waals surface area (Å²) < 4.78 is 34.9. The van der Waals surface area contributed by atoms with Gasteiger partial charge in [0.25, 0.3) is 0 Å². The van der Waals surface area contributed by atoms with Gasteiger partial charge in [-0.2, -0.15) is 8.78 Å². The summed E-state index contributed by atoms with van der Waals surface area (Å²) >= 11 is 0. The van der Waals surface area contributed by atoms with Crippen LogP contribution in [0.3, 0.4) is 0 Å². The highest BCUT2D eigenvalue weighted by atomic mass is 127. The van der Waals surface area contributed by atoms with Crippen molar-refractivity contribution < 1.29 is 18.3 Å². The van der Waals surface area contributed by atoms with Gasteiger partial charge >= 0.3 is 6.61 Å². The van der Waals surface area contributed by atoms with Crippen LogP contribution in [-0.2, 0) is 13.0 Å². The lowest BCUT2D eigenvalue weighted by molar-refractivity contribution is -0.0504. The van der Waals surface area contributed by atoms with Crippen LogP contribution in [0.2, 0.25) is 0 Å². The molecule has 2 aromatic carbocycles. The second kappa shape index (κ2) is 13.1. The van der Waals surface area contributed by atoms with Gasteiger partial charge in [0.05, 0.1) is 13.7 Å². The highest BCUT2D eigenvalue weighted by Crippen LogP contribution is 2.21. The van der Waals surface area contributed by atoms with Gasteiger partial charge in [-0.1, -0.05) is 36.4 Å². The Hall–Kier alpha value is -2.10. The van der Waals surface area contributed by atoms with Crippen LogP contribution >= 0.6 is 24.0 Å². The van der Waals surface area contributed by atoms with E-state index in [1.54, 1.807) is 25.3 Å². The molecule has 8 heteroatoms. The molecule has 0 unspecified atom stereocenters. The molecule has 0 fully saturated rings. The van der Waals surface area contributed by atoms with Gasteiger partial charge in [-0.25, -0.2) is 4.99 Å². The van der Waals surface area contributed by atoms with Crippen molar-refractivity contribution in [2.45, 2.75) is 26.5 Å². The Morgan fingerprint density at radius 3 is 2.29 bits per heavy atom. The van der Waals surface area contributed by atoms with E-state index in [0.717, 1.165) is 17.7 Å². The van der Waals surface area contributed by atoms with Crippen molar-refractivity contribution in [3.63, 3.8) is 0 Å². The van der Waals surface area contributed by atoms with Crippen LogP contribution in [0.1, 0.15) is 18.1 Å². The van der Waals surface area contributed by atoms with Crippen LogP contribution in [0.4, 0.5) is 8.78 Å². The van der Waals surface area contributed by atoms with E-state index in [0.29, 0.717) is 24.6 Å². The number of para-hydroxylation sites is 2. The first kappa shape index (κ1) is 23.9. The van der Waals surface area contributed by atoms with Gasteiger partial charge in [0.2, 0.25) is 0 Å². The van der Waals surface area contributed by atoms with Crippen LogP contribution in [0.25, 0.3) is 0 Å². The van der Waals surface area contributed by atoms with E-state index in [2.05, 4.69) is 20.4 Å². The van der Waals surface area contributed by atoms with Gasteiger partial charge in [0.15, 0.2) is 5.96 Å². The Kier molecular flexibility index (Phi) is 11.2. The quantitative estimate of drug-likeness (QED) is 0.305. The van der Waals surface area contributed by atoms with E-state index in [1.807, 2.05) is 31.2 Å². The minimum atomic E-state index is -2.86. The summed E-state index contributed by atoms with van der Waals surface area (Å²) in [5.41, 5.74) is 1.69. The van der Waals surface area contributed by atoms with Gasteiger partial charge in [-0.3, -0.25) is 0 Å². The first-order valence-corrected chi connectivity index (χ1v) is 8.80. The predicted molar refractivity (Wildman–Crippen MR) is 118 cm³/mol. The van der Waals surface area contributed by atoms with Crippen LogP contribution in [0.15, 0.2) is 53.5 Å². The Morgan fingerprint density at radius 1 is 1.00 bits per heavy atom. The molecular weight excluding hydrogens is 479 g/mol. The molecule has 2 rings (SSSR count). The number of guanidine groups is 1. The predicted octanol–water partition coefficient (Wildman–Crippen LogP) is 4.21. The Morgan fingerprint density at radius 2 is 1.64 bits per heavy atom. The molecule has 0 bridgehead atoms. The minimum absolute atomic E-state index is 0. The number of halogens is 3. The third kappa shape index (κ3) is 7.87. The summed E-state index contributed by atoms with van der Waals surface area (Å²) in [6.07, 6.45) is 0.763. The highest BCUT2D eigenvalue weighted by molar-refractivity contribution is 14.0. The van der Waals surface area contributed by atoms with Crippen LogP contribution < -0.4 is 20.1 Å². The first-order valence-electron chi connectivity index (χ1n) is 8.80. The number of benzene rings is 2. The molecule has 0 saturated carbocycles. The number of nitrogens with zero attached hydrogens (tertiary/aromatic N) is 1. The number of alkyl halides is 2. The van der Waals surface area contributed by atoms with Crippen molar-refractivity contribution in [2.24, 2.45) is 4.99 Å². The molecule has 0 spiro atoms. The van der Waals surface area contributed by atoms with E-state index in [4.69, 9.17) is 4.74 Å². The summed E-state index contributed by atoms with van der Waals surface area (Å²) in [6, 6.07) is 14.5. The highest BCUT2D eigenvalue weighted by Gasteiger charge is 2.09. The molecule has 0 aliphatic rings. The normalized spacial score (nSPS) is 11.0. The van der Waals surface area contributed by atoms with Gasteiger partial charge in [0, 0.05) is 18.7 Å². The molecule has 0 radical (unpaired) electrons. The van der Waals surface area contributed by atoms with Gasteiger partial charge in [-0.05, 0) is 31.0 Å². The lowest BCUT2D eigenvalue weighted by atomic mass is 10.1. The van der Waals surface area contributed by atoms with E-state index in [9.17, 15) is 8.78 Å². The maximum absolute atomic E-state index is 12.5. The van der Waals surface area contributed by atoms with Crippen molar-refractivity contribution in [1.29, 1.82) is 0 Å². The second-order valence-corrected chi connectivity index (χ2v) is 5.67. The summed E-state index contributed by atoms with van der Waals surface area (Å²) in [7, 11) is 1.65. The fourth-order valence-electron chi connectivity index (χ4n) is 2.58. The fourth-order valence-corrected chi connectivity index (χ4v) is 2.58. The molecular formula is C20H26F2IN3O2. The zero-order valence-corrected chi connectivity index (χ0v) is 18.3. The molecule has 0 aliphatic heterocycles. The maximum Gasteiger partial charge on any atom is 0.387 e. The van der Waals surface area contributed by atoms with E-state index in [-0.39, 0.29) is 36.3 Å². The topological polar surface area (TPSA) is 54.9 Å². The summed E-state index contributed by atoms with van der Waals surface area (Å²) in [4.78, 5) is 4.46. The number of methoxy groups -OCH3 is 1. The van der Waals surface area contributed by atoms with Gasteiger partial charge < -0.3 is 20.1 Å². The van der Waals surface area contributed by atoms with Crippen molar-refractivity contribution in [1.82, 2.24) is 10.6 Å². The molecule has 0 saturated heterocycles. The SMILES string of the molecule is CCNC(=NCc1ccccc1OC(F)F)NCCc1ccccc1OC.I. The molecule has 28 heavy (non-hydrogen) atoms. The average Bonchev–Trinajstić information content (AvgIpc) is 2.67. The molecule has 2 N–H and O–H groups in total. The number of rotatable bonds is 9. The van der Waals surface area contributed by atoms with Crippen LogP contribution in [0, 0.1) is 0 Å². The number of hydrogen-bond acceptors (Lipinski definition) is 3. The molecule has 154 valence electrons. The summed E-state index contributed by atoms with van der Waals surface area (Å²) in [5.74, 6) is 1.60. The molecule has 0 aromatic heterocycles.